The van der Waals surface area contributed by atoms with Crippen LogP contribution in [0.4, 0.5) is 0 Å². The highest BCUT2D eigenvalue weighted by Gasteiger charge is 2.18. The van der Waals surface area contributed by atoms with Crippen molar-refractivity contribution in [3.8, 4) is 0 Å². The highest BCUT2D eigenvalue weighted by atomic mass is 16.4. The number of carboxylic acid groups (broad SMARTS) is 1. The lowest BCUT2D eigenvalue weighted by Gasteiger charge is -2.07. The fourth-order valence-corrected chi connectivity index (χ4v) is 1.32. The summed E-state index contributed by atoms with van der Waals surface area (Å²) in [6.45, 7) is 3.69. The molecule has 0 amide bonds. The molecule has 0 aromatic carbocycles. The van der Waals surface area contributed by atoms with E-state index < -0.39 is 12.0 Å². The van der Waals surface area contributed by atoms with Crippen molar-refractivity contribution in [1.82, 2.24) is 20.2 Å². The SMILES string of the molecule is CCCCCc1nnnn1C(C)C(=O)O. The number of unbranched alkanes of at least 4 members (excludes halogenated alkanes) is 2. The van der Waals surface area contributed by atoms with Crippen molar-refractivity contribution < 1.29 is 9.90 Å². The van der Waals surface area contributed by atoms with Crippen LogP contribution in [0.3, 0.4) is 0 Å². The van der Waals surface area contributed by atoms with E-state index in [0.29, 0.717) is 5.82 Å². The molecular formula is C9H16N4O2. The molecule has 1 unspecified atom stereocenters. The summed E-state index contributed by atoms with van der Waals surface area (Å²) in [5.41, 5.74) is 0. The van der Waals surface area contributed by atoms with Crippen molar-refractivity contribution >= 4 is 5.97 Å². The van der Waals surface area contributed by atoms with Crippen LogP contribution in [0.2, 0.25) is 0 Å². The molecule has 1 rings (SSSR count). The molecule has 6 heteroatoms. The fourth-order valence-electron chi connectivity index (χ4n) is 1.32. The van der Waals surface area contributed by atoms with Gasteiger partial charge in [-0.3, -0.25) is 0 Å². The molecule has 1 heterocycles. The molecule has 1 aromatic rings. The summed E-state index contributed by atoms with van der Waals surface area (Å²) in [6, 6.07) is -0.698. The smallest absolute Gasteiger partial charge is 0.328 e. The maximum Gasteiger partial charge on any atom is 0.328 e. The molecule has 15 heavy (non-hydrogen) atoms. The lowest BCUT2D eigenvalue weighted by atomic mass is 10.2. The molecule has 1 aromatic heterocycles. The molecule has 84 valence electrons. The lowest BCUT2D eigenvalue weighted by Crippen LogP contribution is -2.19. The molecule has 1 atom stereocenters. The largest absolute Gasteiger partial charge is 0.480 e. The maximum atomic E-state index is 10.8. The third-order valence-electron chi connectivity index (χ3n) is 2.29. The minimum absolute atomic E-state index is 0.651. The van der Waals surface area contributed by atoms with Gasteiger partial charge >= 0.3 is 5.97 Å². The van der Waals surface area contributed by atoms with E-state index in [0.717, 1.165) is 25.7 Å². The molecule has 0 fully saturated rings. The van der Waals surface area contributed by atoms with Crippen molar-refractivity contribution in [1.29, 1.82) is 0 Å². The summed E-state index contributed by atoms with van der Waals surface area (Å²) < 4.78 is 1.37. The number of aryl methyl sites for hydroxylation is 1. The topological polar surface area (TPSA) is 80.9 Å². The van der Waals surface area contributed by atoms with Crippen LogP contribution in [-0.4, -0.2) is 31.3 Å². The number of aliphatic carboxylic acids is 1. The molecule has 1 N–H and O–H groups in total. The van der Waals surface area contributed by atoms with E-state index in [4.69, 9.17) is 5.11 Å². The summed E-state index contributed by atoms with van der Waals surface area (Å²) in [5, 5.41) is 19.9. The van der Waals surface area contributed by atoms with Gasteiger partial charge in [-0.15, -0.1) is 5.10 Å². The van der Waals surface area contributed by atoms with Gasteiger partial charge in [0, 0.05) is 6.42 Å². The van der Waals surface area contributed by atoms with E-state index in [-0.39, 0.29) is 0 Å². The van der Waals surface area contributed by atoms with E-state index in [1.165, 1.54) is 4.68 Å². The number of aromatic nitrogens is 4. The summed E-state index contributed by atoms with van der Waals surface area (Å²) in [5.74, 6) is -0.266. The second kappa shape index (κ2) is 5.43. The number of carboxylic acids is 1. The van der Waals surface area contributed by atoms with Gasteiger partial charge in [0.15, 0.2) is 5.82 Å². The average molecular weight is 212 g/mol. The third-order valence-corrected chi connectivity index (χ3v) is 2.29. The Morgan fingerprint density at radius 3 is 2.87 bits per heavy atom. The van der Waals surface area contributed by atoms with E-state index in [9.17, 15) is 4.79 Å². The van der Waals surface area contributed by atoms with E-state index >= 15 is 0 Å². The zero-order valence-corrected chi connectivity index (χ0v) is 9.05. The first-order valence-electron chi connectivity index (χ1n) is 5.16. The van der Waals surface area contributed by atoms with Crippen molar-refractivity contribution in [3.05, 3.63) is 5.82 Å². The van der Waals surface area contributed by atoms with Gasteiger partial charge in [0.25, 0.3) is 0 Å². The van der Waals surface area contributed by atoms with Gasteiger partial charge < -0.3 is 5.11 Å². The molecule has 0 aliphatic rings. The highest BCUT2D eigenvalue weighted by Crippen LogP contribution is 2.09. The first-order chi connectivity index (χ1) is 7.16. The summed E-state index contributed by atoms with van der Waals surface area (Å²) in [6.07, 6.45) is 3.95. The maximum absolute atomic E-state index is 10.8. The van der Waals surface area contributed by atoms with Gasteiger partial charge in [-0.05, 0) is 23.8 Å². The van der Waals surface area contributed by atoms with Crippen LogP contribution in [0.5, 0.6) is 0 Å². The fraction of sp³-hybridized carbons (Fsp3) is 0.778. The van der Waals surface area contributed by atoms with Crippen LogP contribution in [0.1, 0.15) is 45.0 Å². The Hall–Kier alpha value is -1.46. The minimum Gasteiger partial charge on any atom is -0.480 e. The highest BCUT2D eigenvalue weighted by molar-refractivity contribution is 5.71. The third kappa shape index (κ3) is 3.00. The van der Waals surface area contributed by atoms with Gasteiger partial charge in [0.1, 0.15) is 6.04 Å². The van der Waals surface area contributed by atoms with Crippen LogP contribution in [-0.2, 0) is 11.2 Å². The standard InChI is InChI=1S/C9H16N4O2/c1-3-4-5-6-8-10-11-12-13(8)7(2)9(14)15/h7H,3-6H2,1-2H3,(H,14,15). The number of nitrogens with zero attached hydrogens (tertiary/aromatic N) is 4. The molecule has 0 spiro atoms. The van der Waals surface area contributed by atoms with Crippen LogP contribution in [0, 0.1) is 0 Å². The quantitative estimate of drug-likeness (QED) is 0.713. The van der Waals surface area contributed by atoms with Crippen LogP contribution in [0.15, 0.2) is 0 Å². The molecule has 0 bridgehead atoms. The molecule has 0 radical (unpaired) electrons. The molecule has 0 aliphatic carbocycles. The average Bonchev–Trinajstić information content (AvgIpc) is 2.65. The van der Waals surface area contributed by atoms with Crippen molar-refractivity contribution in [2.24, 2.45) is 0 Å². The Balaban J connectivity index is 2.64. The second-order valence-corrected chi connectivity index (χ2v) is 3.51. The van der Waals surface area contributed by atoms with Crippen molar-refractivity contribution in [2.75, 3.05) is 0 Å². The second-order valence-electron chi connectivity index (χ2n) is 3.51. The van der Waals surface area contributed by atoms with Crippen LogP contribution < -0.4 is 0 Å². The summed E-state index contributed by atoms with van der Waals surface area (Å²) >= 11 is 0. The normalized spacial score (nSPS) is 12.7. The van der Waals surface area contributed by atoms with E-state index in [1.54, 1.807) is 6.92 Å². The Labute approximate surface area is 88.3 Å². The van der Waals surface area contributed by atoms with Gasteiger partial charge in [-0.25, -0.2) is 9.48 Å². The first kappa shape index (κ1) is 11.6. The molecule has 0 aliphatic heterocycles. The van der Waals surface area contributed by atoms with Crippen LogP contribution >= 0.6 is 0 Å². The number of hydrogen-bond acceptors (Lipinski definition) is 4. The summed E-state index contributed by atoms with van der Waals surface area (Å²) in [4.78, 5) is 10.8. The van der Waals surface area contributed by atoms with Gasteiger partial charge in [0.2, 0.25) is 0 Å². The molecule has 0 saturated carbocycles. The number of hydrogen-bond donors (Lipinski definition) is 1. The number of carbonyl (C=O) groups is 1. The van der Waals surface area contributed by atoms with E-state index in [2.05, 4.69) is 22.4 Å². The van der Waals surface area contributed by atoms with Gasteiger partial charge in [-0.2, -0.15) is 0 Å². The number of tetrazole rings is 1. The van der Waals surface area contributed by atoms with Gasteiger partial charge in [-0.1, -0.05) is 19.8 Å². The summed E-state index contributed by atoms with van der Waals surface area (Å²) in [7, 11) is 0. The van der Waals surface area contributed by atoms with Crippen LogP contribution in [0.25, 0.3) is 0 Å². The molecular weight excluding hydrogens is 196 g/mol. The zero-order chi connectivity index (χ0) is 11.3. The van der Waals surface area contributed by atoms with E-state index in [1.807, 2.05) is 0 Å². The first-order valence-corrected chi connectivity index (χ1v) is 5.16. The van der Waals surface area contributed by atoms with Crippen molar-refractivity contribution in [2.45, 2.75) is 45.6 Å². The predicted octanol–water partition coefficient (Wildman–Crippen LogP) is 1.05. The minimum atomic E-state index is -0.918. The van der Waals surface area contributed by atoms with Gasteiger partial charge in [0.05, 0.1) is 0 Å². The Morgan fingerprint density at radius 1 is 1.53 bits per heavy atom. The Kier molecular flexibility index (Phi) is 4.20. The monoisotopic (exact) mass is 212 g/mol. The molecule has 0 saturated heterocycles. The molecule has 6 nitrogen and oxygen atoms in total. The zero-order valence-electron chi connectivity index (χ0n) is 9.05. The Morgan fingerprint density at radius 2 is 2.27 bits per heavy atom. The predicted molar refractivity (Wildman–Crippen MR) is 53.4 cm³/mol. The number of rotatable bonds is 6. The van der Waals surface area contributed by atoms with Crippen molar-refractivity contribution in [3.63, 3.8) is 0 Å². The lowest BCUT2D eigenvalue weighted by molar-refractivity contribution is -0.140. The Bertz CT molecular complexity index is 324.